The number of hydrogen-bond acceptors (Lipinski definition) is 4. The van der Waals surface area contributed by atoms with E-state index in [1.165, 1.54) is 0 Å². The highest BCUT2D eigenvalue weighted by Crippen LogP contribution is 2.19. The first kappa shape index (κ1) is 11.4. The molecule has 0 aliphatic carbocycles. The summed E-state index contributed by atoms with van der Waals surface area (Å²) in [6.45, 7) is 4.44. The van der Waals surface area contributed by atoms with Gasteiger partial charge in [0.05, 0.1) is 25.1 Å². The Balaban J connectivity index is 1.96. The Hall–Kier alpha value is -1.12. The van der Waals surface area contributed by atoms with Crippen LogP contribution >= 0.6 is 0 Å². The second-order valence-electron chi connectivity index (χ2n) is 4.41. The minimum Gasteiger partial charge on any atom is -0.360 e. The Morgan fingerprint density at radius 2 is 2.44 bits per heavy atom. The topological polar surface area (TPSA) is 65.4 Å². The van der Waals surface area contributed by atoms with Crippen LogP contribution in [0.15, 0.2) is 0 Å². The van der Waals surface area contributed by atoms with Crippen molar-refractivity contribution < 1.29 is 9.53 Å². The maximum Gasteiger partial charge on any atom is 0.227 e. The zero-order valence-electron chi connectivity index (χ0n) is 9.48. The molecule has 16 heavy (non-hydrogen) atoms. The standard InChI is InChI=1S/C11H17N3O2/c1-8-10(2-3-13-8)11(15)14-4-5-16-9(6-12)7-14/h8-10,13H,2-5,7H2,1H3. The normalized spacial score (nSPS) is 34.8. The average molecular weight is 223 g/mol. The second-order valence-corrected chi connectivity index (χ2v) is 4.41. The third-order valence-electron chi connectivity index (χ3n) is 3.36. The van der Waals surface area contributed by atoms with E-state index in [1.54, 1.807) is 4.90 Å². The van der Waals surface area contributed by atoms with Crippen LogP contribution in [0.2, 0.25) is 0 Å². The summed E-state index contributed by atoms with van der Waals surface area (Å²) in [4.78, 5) is 14.0. The molecule has 2 heterocycles. The van der Waals surface area contributed by atoms with Gasteiger partial charge in [-0.15, -0.1) is 0 Å². The van der Waals surface area contributed by atoms with Crippen molar-refractivity contribution in [3.63, 3.8) is 0 Å². The van der Waals surface area contributed by atoms with Gasteiger partial charge in [0.1, 0.15) is 0 Å². The summed E-state index contributed by atoms with van der Waals surface area (Å²) in [5.41, 5.74) is 0. The lowest BCUT2D eigenvalue weighted by Gasteiger charge is -2.32. The predicted octanol–water partition coefficient (Wildman–Crippen LogP) is -0.265. The van der Waals surface area contributed by atoms with Gasteiger partial charge in [-0.05, 0) is 19.9 Å². The van der Waals surface area contributed by atoms with E-state index in [0.717, 1.165) is 13.0 Å². The molecule has 0 spiro atoms. The number of rotatable bonds is 1. The molecule has 3 atom stereocenters. The van der Waals surface area contributed by atoms with Crippen LogP contribution in [0.4, 0.5) is 0 Å². The zero-order chi connectivity index (χ0) is 11.5. The number of nitriles is 1. The van der Waals surface area contributed by atoms with Gasteiger partial charge in [-0.3, -0.25) is 4.79 Å². The highest BCUT2D eigenvalue weighted by atomic mass is 16.5. The van der Waals surface area contributed by atoms with Gasteiger partial charge in [0, 0.05) is 12.6 Å². The minimum absolute atomic E-state index is 0.0671. The molecule has 0 bridgehead atoms. The number of morpholine rings is 1. The van der Waals surface area contributed by atoms with Crippen LogP contribution in [-0.2, 0) is 9.53 Å². The maximum atomic E-state index is 12.2. The van der Waals surface area contributed by atoms with Crippen molar-refractivity contribution in [2.24, 2.45) is 5.92 Å². The fourth-order valence-corrected chi connectivity index (χ4v) is 2.36. The Bertz CT molecular complexity index is 313. The van der Waals surface area contributed by atoms with Crippen LogP contribution < -0.4 is 5.32 Å². The fraction of sp³-hybridized carbons (Fsp3) is 0.818. The molecule has 88 valence electrons. The molecule has 2 aliphatic heterocycles. The van der Waals surface area contributed by atoms with Crippen molar-refractivity contribution in [1.82, 2.24) is 10.2 Å². The SMILES string of the molecule is CC1NCCC1C(=O)N1CCOC(C#N)C1. The molecule has 2 saturated heterocycles. The quantitative estimate of drug-likeness (QED) is 0.665. The lowest BCUT2D eigenvalue weighted by Crippen LogP contribution is -2.48. The summed E-state index contributed by atoms with van der Waals surface area (Å²) >= 11 is 0. The van der Waals surface area contributed by atoms with E-state index in [0.29, 0.717) is 19.7 Å². The molecule has 2 rings (SSSR count). The monoisotopic (exact) mass is 223 g/mol. The maximum absolute atomic E-state index is 12.2. The van der Waals surface area contributed by atoms with E-state index < -0.39 is 6.10 Å². The number of nitrogens with zero attached hydrogens (tertiary/aromatic N) is 2. The van der Waals surface area contributed by atoms with Gasteiger partial charge >= 0.3 is 0 Å². The number of carbonyl (C=O) groups excluding carboxylic acids is 1. The van der Waals surface area contributed by atoms with Crippen molar-refractivity contribution in [3.05, 3.63) is 0 Å². The van der Waals surface area contributed by atoms with E-state index in [4.69, 9.17) is 10.00 Å². The Labute approximate surface area is 95.4 Å². The average Bonchev–Trinajstić information content (AvgIpc) is 2.74. The van der Waals surface area contributed by atoms with Gasteiger partial charge in [-0.2, -0.15) is 5.26 Å². The fourth-order valence-electron chi connectivity index (χ4n) is 2.36. The molecule has 2 fully saturated rings. The van der Waals surface area contributed by atoms with Crippen LogP contribution in [0.5, 0.6) is 0 Å². The van der Waals surface area contributed by atoms with Crippen molar-refractivity contribution in [2.75, 3.05) is 26.2 Å². The summed E-state index contributed by atoms with van der Waals surface area (Å²) in [5, 5.41) is 12.1. The van der Waals surface area contributed by atoms with Gasteiger partial charge in [0.25, 0.3) is 0 Å². The van der Waals surface area contributed by atoms with Gasteiger partial charge in [0.2, 0.25) is 5.91 Å². The van der Waals surface area contributed by atoms with E-state index >= 15 is 0 Å². The van der Waals surface area contributed by atoms with E-state index in [-0.39, 0.29) is 17.9 Å². The summed E-state index contributed by atoms with van der Waals surface area (Å²) in [7, 11) is 0. The Morgan fingerprint density at radius 3 is 3.06 bits per heavy atom. The second kappa shape index (κ2) is 4.81. The summed E-state index contributed by atoms with van der Waals surface area (Å²) in [6, 6.07) is 2.30. The molecule has 0 saturated carbocycles. The predicted molar refractivity (Wildman–Crippen MR) is 57.5 cm³/mol. The molecule has 0 aromatic rings. The molecule has 5 heteroatoms. The van der Waals surface area contributed by atoms with Gasteiger partial charge in [-0.25, -0.2) is 0 Å². The zero-order valence-corrected chi connectivity index (χ0v) is 9.48. The molecular formula is C11H17N3O2. The largest absolute Gasteiger partial charge is 0.360 e. The van der Waals surface area contributed by atoms with Crippen LogP contribution in [-0.4, -0.2) is 49.2 Å². The first-order valence-corrected chi connectivity index (χ1v) is 5.75. The van der Waals surface area contributed by atoms with Crippen molar-refractivity contribution in [2.45, 2.75) is 25.5 Å². The molecule has 5 nitrogen and oxygen atoms in total. The molecule has 2 aliphatic rings. The van der Waals surface area contributed by atoms with E-state index in [1.807, 2.05) is 6.92 Å². The third kappa shape index (κ3) is 2.18. The first-order chi connectivity index (χ1) is 7.72. The molecular weight excluding hydrogens is 206 g/mol. The third-order valence-corrected chi connectivity index (χ3v) is 3.36. The highest BCUT2D eigenvalue weighted by Gasteiger charge is 2.34. The molecule has 0 aromatic heterocycles. The van der Waals surface area contributed by atoms with Crippen LogP contribution in [0.1, 0.15) is 13.3 Å². The number of amides is 1. The molecule has 3 unspecified atom stereocenters. The first-order valence-electron chi connectivity index (χ1n) is 5.75. The lowest BCUT2D eigenvalue weighted by atomic mass is 10.00. The Kier molecular flexibility index (Phi) is 3.42. The van der Waals surface area contributed by atoms with Crippen molar-refractivity contribution in [1.29, 1.82) is 5.26 Å². The molecule has 0 radical (unpaired) electrons. The van der Waals surface area contributed by atoms with Gasteiger partial charge in [-0.1, -0.05) is 0 Å². The minimum atomic E-state index is -0.456. The Morgan fingerprint density at radius 1 is 1.62 bits per heavy atom. The van der Waals surface area contributed by atoms with Crippen LogP contribution in [0, 0.1) is 17.2 Å². The summed E-state index contributed by atoms with van der Waals surface area (Å²) in [5.74, 6) is 0.235. The molecule has 1 amide bonds. The smallest absolute Gasteiger partial charge is 0.227 e. The van der Waals surface area contributed by atoms with Gasteiger partial charge in [0.15, 0.2) is 6.10 Å². The van der Waals surface area contributed by atoms with Crippen LogP contribution in [0.3, 0.4) is 0 Å². The molecule has 1 N–H and O–H groups in total. The summed E-state index contributed by atoms with van der Waals surface area (Å²) < 4.78 is 5.23. The number of nitrogens with one attached hydrogen (secondary N) is 1. The van der Waals surface area contributed by atoms with E-state index in [2.05, 4.69) is 11.4 Å². The van der Waals surface area contributed by atoms with E-state index in [9.17, 15) is 4.79 Å². The highest BCUT2D eigenvalue weighted by molar-refractivity contribution is 5.80. The van der Waals surface area contributed by atoms with Gasteiger partial charge < -0.3 is 15.0 Å². The van der Waals surface area contributed by atoms with Crippen molar-refractivity contribution in [3.8, 4) is 6.07 Å². The number of carbonyl (C=O) groups is 1. The van der Waals surface area contributed by atoms with Crippen LogP contribution in [0.25, 0.3) is 0 Å². The summed E-state index contributed by atoms with van der Waals surface area (Å²) in [6.07, 6.45) is 0.441. The molecule has 0 aromatic carbocycles. The number of hydrogen-bond donors (Lipinski definition) is 1. The lowest BCUT2D eigenvalue weighted by molar-refractivity contribution is -0.141. The van der Waals surface area contributed by atoms with Crippen molar-refractivity contribution >= 4 is 5.91 Å². The number of ether oxygens (including phenoxy) is 1.